The Morgan fingerprint density at radius 3 is 2.67 bits per heavy atom. The van der Waals surface area contributed by atoms with Crippen LogP contribution in [0.25, 0.3) is 0 Å². The van der Waals surface area contributed by atoms with Gasteiger partial charge in [-0.2, -0.15) is 13.2 Å². The molecular formula is C12H12F3N5S. The van der Waals surface area contributed by atoms with Gasteiger partial charge in [0.05, 0.1) is 0 Å². The van der Waals surface area contributed by atoms with Crippen molar-refractivity contribution in [1.29, 1.82) is 5.41 Å². The van der Waals surface area contributed by atoms with Crippen molar-refractivity contribution in [3.63, 3.8) is 0 Å². The molecule has 5 nitrogen and oxygen atoms in total. The van der Waals surface area contributed by atoms with Crippen LogP contribution in [0.5, 0.6) is 0 Å². The monoisotopic (exact) mass is 315 g/mol. The van der Waals surface area contributed by atoms with E-state index in [-0.39, 0.29) is 11.0 Å². The Balaban J connectivity index is 2.14. The zero-order valence-electron chi connectivity index (χ0n) is 11.0. The van der Waals surface area contributed by atoms with Crippen molar-refractivity contribution in [2.75, 3.05) is 11.9 Å². The number of halogens is 3. The van der Waals surface area contributed by atoms with Gasteiger partial charge in [0, 0.05) is 19.2 Å². The van der Waals surface area contributed by atoms with Crippen LogP contribution in [0.15, 0.2) is 24.3 Å². The maximum atomic E-state index is 12.5. The number of rotatable bonds is 4. The zero-order valence-corrected chi connectivity index (χ0v) is 11.8. The molecule has 0 saturated carbocycles. The molecule has 0 aliphatic heterocycles. The van der Waals surface area contributed by atoms with Crippen molar-refractivity contribution >= 4 is 22.3 Å². The maximum absolute atomic E-state index is 12.5. The van der Waals surface area contributed by atoms with Gasteiger partial charge in [0.25, 0.3) is 0 Å². The number of aromatic nitrogens is 2. The van der Waals surface area contributed by atoms with Crippen LogP contribution in [0.2, 0.25) is 0 Å². The summed E-state index contributed by atoms with van der Waals surface area (Å²) >= 11 is 0.489. The van der Waals surface area contributed by atoms with Gasteiger partial charge < -0.3 is 10.6 Å². The molecule has 0 amide bonds. The Kier molecular flexibility index (Phi) is 4.12. The molecule has 0 atom stereocenters. The van der Waals surface area contributed by atoms with E-state index in [0.717, 1.165) is 5.56 Å². The first-order valence-electron chi connectivity index (χ1n) is 5.82. The number of hydrogen-bond acceptors (Lipinski definition) is 5. The lowest BCUT2D eigenvalue weighted by molar-refractivity contribution is -0.138. The van der Waals surface area contributed by atoms with E-state index in [1.807, 2.05) is 0 Å². The van der Waals surface area contributed by atoms with E-state index in [1.54, 1.807) is 36.2 Å². The van der Waals surface area contributed by atoms with E-state index in [0.29, 0.717) is 23.4 Å². The van der Waals surface area contributed by atoms with E-state index in [4.69, 9.17) is 11.1 Å². The Morgan fingerprint density at radius 2 is 2.10 bits per heavy atom. The van der Waals surface area contributed by atoms with Crippen LogP contribution >= 0.6 is 11.3 Å². The summed E-state index contributed by atoms with van der Waals surface area (Å²) in [5, 5.41) is 13.3. The topological polar surface area (TPSA) is 78.9 Å². The van der Waals surface area contributed by atoms with Crippen LogP contribution in [-0.2, 0) is 12.7 Å². The smallest absolute Gasteiger partial charge is 0.384 e. The van der Waals surface area contributed by atoms with Gasteiger partial charge in [0.15, 0.2) is 0 Å². The van der Waals surface area contributed by atoms with Crippen LogP contribution in [0.3, 0.4) is 0 Å². The number of nitrogens with zero attached hydrogens (tertiary/aromatic N) is 3. The molecule has 9 heteroatoms. The maximum Gasteiger partial charge on any atom is 0.445 e. The molecule has 1 aromatic heterocycles. The van der Waals surface area contributed by atoms with Crippen molar-refractivity contribution in [1.82, 2.24) is 10.2 Å². The first-order chi connectivity index (χ1) is 9.77. The fraction of sp³-hybridized carbons (Fsp3) is 0.250. The standard InChI is InChI=1S/C12H12F3N5S/c1-20(11-19-18-10(21-11)12(13,14)15)6-7-3-2-4-8(5-7)9(16)17/h2-5H,6H2,1H3,(H3,16,17). The van der Waals surface area contributed by atoms with E-state index < -0.39 is 11.2 Å². The molecule has 0 aliphatic rings. The summed E-state index contributed by atoms with van der Waals surface area (Å²) in [7, 11) is 1.63. The van der Waals surface area contributed by atoms with Gasteiger partial charge in [0.2, 0.25) is 10.1 Å². The number of amidine groups is 1. The van der Waals surface area contributed by atoms with Crippen LogP contribution in [0, 0.1) is 5.41 Å². The van der Waals surface area contributed by atoms with Gasteiger partial charge in [-0.3, -0.25) is 5.41 Å². The summed E-state index contributed by atoms with van der Waals surface area (Å²) in [6.07, 6.45) is -4.48. The Bertz CT molecular complexity index is 652. The highest BCUT2D eigenvalue weighted by Crippen LogP contribution is 2.34. The molecular weight excluding hydrogens is 303 g/mol. The Labute approximate surface area is 122 Å². The quantitative estimate of drug-likeness (QED) is 0.671. The van der Waals surface area contributed by atoms with Crippen molar-refractivity contribution in [3.05, 3.63) is 40.4 Å². The van der Waals surface area contributed by atoms with Crippen molar-refractivity contribution in [2.24, 2.45) is 5.73 Å². The highest BCUT2D eigenvalue weighted by Gasteiger charge is 2.36. The highest BCUT2D eigenvalue weighted by atomic mass is 32.1. The van der Waals surface area contributed by atoms with E-state index in [9.17, 15) is 13.2 Å². The average Bonchev–Trinajstić information content (AvgIpc) is 2.88. The summed E-state index contributed by atoms with van der Waals surface area (Å²) in [4.78, 5) is 1.56. The van der Waals surface area contributed by atoms with Crippen LogP contribution in [0.4, 0.5) is 18.3 Å². The van der Waals surface area contributed by atoms with E-state index in [1.165, 1.54) is 0 Å². The van der Waals surface area contributed by atoms with Gasteiger partial charge in [-0.1, -0.05) is 29.5 Å². The number of benzene rings is 1. The van der Waals surface area contributed by atoms with Gasteiger partial charge >= 0.3 is 6.18 Å². The first kappa shape index (κ1) is 15.2. The van der Waals surface area contributed by atoms with Gasteiger partial charge in [-0.05, 0) is 11.6 Å². The lowest BCUT2D eigenvalue weighted by atomic mass is 10.1. The predicted octanol–water partition coefficient (Wildman–Crippen LogP) is 2.48. The molecule has 1 heterocycles. The van der Waals surface area contributed by atoms with Crippen LogP contribution in [-0.4, -0.2) is 23.1 Å². The summed E-state index contributed by atoms with van der Waals surface area (Å²) in [5.74, 6) is -0.0604. The second-order valence-electron chi connectivity index (χ2n) is 4.36. The van der Waals surface area contributed by atoms with Crippen LogP contribution in [0.1, 0.15) is 16.1 Å². The third kappa shape index (κ3) is 3.69. The second kappa shape index (κ2) is 5.68. The third-order valence-corrected chi connectivity index (χ3v) is 3.72. The third-order valence-electron chi connectivity index (χ3n) is 2.64. The van der Waals surface area contributed by atoms with Gasteiger partial charge in [-0.25, -0.2) is 0 Å². The fourth-order valence-corrected chi connectivity index (χ4v) is 2.34. The molecule has 2 rings (SSSR count). The minimum Gasteiger partial charge on any atom is -0.384 e. The number of nitrogen functional groups attached to an aromatic ring is 1. The fourth-order valence-electron chi connectivity index (χ4n) is 1.66. The summed E-state index contributed by atoms with van der Waals surface area (Å²) < 4.78 is 37.5. The molecule has 0 spiro atoms. The Hall–Kier alpha value is -2.16. The van der Waals surface area contributed by atoms with E-state index in [2.05, 4.69) is 10.2 Å². The normalized spacial score (nSPS) is 11.4. The molecule has 112 valence electrons. The molecule has 0 aliphatic carbocycles. The molecule has 0 fully saturated rings. The molecule has 0 saturated heterocycles. The van der Waals surface area contributed by atoms with Crippen molar-refractivity contribution < 1.29 is 13.2 Å². The number of hydrogen-bond donors (Lipinski definition) is 2. The van der Waals surface area contributed by atoms with Gasteiger partial charge in [-0.15, -0.1) is 10.2 Å². The zero-order chi connectivity index (χ0) is 15.6. The summed E-state index contributed by atoms with van der Waals surface area (Å²) in [5.41, 5.74) is 6.78. The van der Waals surface area contributed by atoms with Crippen LogP contribution < -0.4 is 10.6 Å². The predicted molar refractivity (Wildman–Crippen MR) is 74.5 cm³/mol. The van der Waals surface area contributed by atoms with Crippen molar-refractivity contribution in [2.45, 2.75) is 12.7 Å². The number of nitrogens with two attached hydrogens (primary N) is 1. The summed E-state index contributed by atoms with van der Waals surface area (Å²) in [6, 6.07) is 6.94. The number of alkyl halides is 3. The average molecular weight is 315 g/mol. The molecule has 0 unspecified atom stereocenters. The molecule has 0 radical (unpaired) electrons. The first-order valence-corrected chi connectivity index (χ1v) is 6.64. The van der Waals surface area contributed by atoms with Crippen molar-refractivity contribution in [3.8, 4) is 0 Å². The lowest BCUT2D eigenvalue weighted by Crippen LogP contribution is -2.17. The largest absolute Gasteiger partial charge is 0.445 e. The van der Waals surface area contributed by atoms with E-state index >= 15 is 0 Å². The minimum atomic E-state index is -4.48. The minimum absolute atomic E-state index is 0.0604. The SMILES string of the molecule is CN(Cc1cccc(C(=N)N)c1)c1nnc(C(F)(F)F)s1. The number of nitrogens with one attached hydrogen (secondary N) is 1. The van der Waals surface area contributed by atoms with Gasteiger partial charge in [0.1, 0.15) is 5.84 Å². The number of anilines is 1. The second-order valence-corrected chi connectivity index (χ2v) is 5.31. The Morgan fingerprint density at radius 1 is 1.38 bits per heavy atom. The molecule has 1 aromatic carbocycles. The lowest BCUT2D eigenvalue weighted by Gasteiger charge is -2.15. The molecule has 2 aromatic rings. The molecule has 0 bridgehead atoms. The molecule has 3 N–H and O–H groups in total. The summed E-state index contributed by atoms with van der Waals surface area (Å²) in [6.45, 7) is 0.341. The highest BCUT2D eigenvalue weighted by molar-refractivity contribution is 7.15. The molecule has 21 heavy (non-hydrogen) atoms.